The van der Waals surface area contributed by atoms with Gasteiger partial charge in [-0.05, 0) is 55.7 Å². The van der Waals surface area contributed by atoms with Crippen LogP contribution in [0.15, 0.2) is 29.3 Å². The Kier molecular flexibility index (Phi) is 9.83. The van der Waals surface area contributed by atoms with Crippen molar-refractivity contribution in [3.05, 3.63) is 29.8 Å². The van der Waals surface area contributed by atoms with E-state index in [4.69, 9.17) is 4.74 Å². The van der Waals surface area contributed by atoms with Gasteiger partial charge >= 0.3 is 0 Å². The predicted molar refractivity (Wildman–Crippen MR) is 116 cm³/mol. The summed E-state index contributed by atoms with van der Waals surface area (Å²) < 4.78 is 5.66. The Labute approximate surface area is 169 Å². The molecule has 1 aliphatic rings. The average Bonchev–Trinajstić information content (AvgIpc) is 3.46. The van der Waals surface area contributed by atoms with Gasteiger partial charge in [-0.15, -0.1) is 0 Å². The fourth-order valence-electron chi connectivity index (χ4n) is 2.76. The topological polar surface area (TPSA) is 74.8 Å². The van der Waals surface area contributed by atoms with Crippen LogP contribution in [0.4, 0.5) is 5.69 Å². The van der Waals surface area contributed by atoms with Crippen LogP contribution in [0.3, 0.4) is 0 Å². The van der Waals surface area contributed by atoms with Crippen molar-refractivity contribution in [2.45, 2.75) is 53.0 Å². The van der Waals surface area contributed by atoms with Gasteiger partial charge in [0.25, 0.3) is 0 Å². The zero-order valence-corrected chi connectivity index (χ0v) is 17.6. The minimum atomic E-state index is 0.0505. The molecule has 0 heterocycles. The first-order valence-corrected chi connectivity index (χ1v) is 10.6. The van der Waals surface area contributed by atoms with E-state index in [0.29, 0.717) is 18.9 Å². The van der Waals surface area contributed by atoms with Crippen LogP contribution in [0, 0.1) is 11.8 Å². The molecule has 2 rings (SSSR count). The monoisotopic (exact) mass is 388 g/mol. The van der Waals surface area contributed by atoms with Crippen molar-refractivity contribution in [3.8, 4) is 0 Å². The normalized spacial score (nSPS) is 14.2. The van der Waals surface area contributed by atoms with Crippen LogP contribution in [-0.4, -0.2) is 38.2 Å². The summed E-state index contributed by atoms with van der Waals surface area (Å²) in [7, 11) is 0. The van der Waals surface area contributed by atoms with Crippen LogP contribution in [0.5, 0.6) is 0 Å². The van der Waals surface area contributed by atoms with E-state index >= 15 is 0 Å². The van der Waals surface area contributed by atoms with Crippen molar-refractivity contribution < 1.29 is 9.53 Å². The van der Waals surface area contributed by atoms with E-state index in [9.17, 15) is 4.79 Å². The van der Waals surface area contributed by atoms with Crippen molar-refractivity contribution in [3.63, 3.8) is 0 Å². The maximum absolute atomic E-state index is 12.0. The van der Waals surface area contributed by atoms with Gasteiger partial charge in [0.15, 0.2) is 5.96 Å². The van der Waals surface area contributed by atoms with Gasteiger partial charge in [-0.2, -0.15) is 0 Å². The van der Waals surface area contributed by atoms with Gasteiger partial charge in [0.1, 0.15) is 0 Å². The van der Waals surface area contributed by atoms with E-state index < -0.39 is 0 Å². The molecule has 0 bridgehead atoms. The van der Waals surface area contributed by atoms with Crippen molar-refractivity contribution in [2.24, 2.45) is 16.8 Å². The molecule has 1 fully saturated rings. The van der Waals surface area contributed by atoms with E-state index in [0.717, 1.165) is 55.9 Å². The summed E-state index contributed by atoms with van der Waals surface area (Å²) in [5.74, 6) is 2.02. The van der Waals surface area contributed by atoms with Crippen molar-refractivity contribution in [2.75, 3.05) is 31.6 Å². The van der Waals surface area contributed by atoms with Crippen molar-refractivity contribution in [1.82, 2.24) is 10.6 Å². The quantitative estimate of drug-likeness (QED) is 0.291. The van der Waals surface area contributed by atoms with Gasteiger partial charge in [0.05, 0.1) is 6.54 Å². The lowest BCUT2D eigenvalue weighted by Gasteiger charge is -2.12. The fourth-order valence-corrected chi connectivity index (χ4v) is 2.76. The fraction of sp³-hybridized carbons (Fsp3) is 0.636. The molecule has 6 nitrogen and oxygen atoms in total. The largest absolute Gasteiger partial charge is 0.381 e. The number of ether oxygens (including phenoxy) is 1. The molecule has 28 heavy (non-hydrogen) atoms. The highest BCUT2D eigenvalue weighted by atomic mass is 16.5. The first kappa shape index (κ1) is 22.2. The maximum atomic E-state index is 12.0. The summed E-state index contributed by atoms with van der Waals surface area (Å²) >= 11 is 0. The molecule has 0 aliphatic heterocycles. The number of hydrogen-bond donors (Lipinski definition) is 3. The second-order valence-corrected chi connectivity index (χ2v) is 7.84. The van der Waals surface area contributed by atoms with Crippen LogP contribution < -0.4 is 16.0 Å². The molecule has 1 aromatic rings. The van der Waals surface area contributed by atoms with E-state index in [1.165, 1.54) is 12.8 Å². The Balaban J connectivity index is 1.76. The van der Waals surface area contributed by atoms with Gasteiger partial charge in [0.2, 0.25) is 5.91 Å². The molecule has 6 heteroatoms. The molecule has 0 spiro atoms. The predicted octanol–water partition coefficient (Wildman–Crippen LogP) is 3.54. The number of amides is 1. The van der Waals surface area contributed by atoms with Gasteiger partial charge in [-0.1, -0.05) is 26.0 Å². The Morgan fingerprint density at radius 2 is 2.11 bits per heavy atom. The Bertz CT molecular complexity index is 627. The third kappa shape index (κ3) is 9.74. The summed E-state index contributed by atoms with van der Waals surface area (Å²) in [6.45, 7) is 10.1. The highest BCUT2D eigenvalue weighted by molar-refractivity contribution is 5.90. The summed E-state index contributed by atoms with van der Waals surface area (Å²) in [5, 5.41) is 9.58. The number of carbonyl (C=O) groups is 1. The zero-order valence-electron chi connectivity index (χ0n) is 17.6. The first-order chi connectivity index (χ1) is 13.6. The molecule has 0 radical (unpaired) electrons. The number of anilines is 1. The molecule has 0 saturated heterocycles. The molecule has 0 aromatic heterocycles. The Morgan fingerprint density at radius 1 is 1.29 bits per heavy atom. The summed E-state index contributed by atoms with van der Waals surface area (Å²) in [5.41, 5.74) is 1.89. The summed E-state index contributed by atoms with van der Waals surface area (Å²) in [6, 6.07) is 7.87. The lowest BCUT2D eigenvalue weighted by molar-refractivity contribution is -0.116. The van der Waals surface area contributed by atoms with Crippen LogP contribution >= 0.6 is 0 Å². The third-order valence-electron chi connectivity index (χ3n) is 4.38. The molecule has 156 valence electrons. The molecule has 0 unspecified atom stereocenters. The van der Waals surface area contributed by atoms with Gasteiger partial charge in [-0.25, -0.2) is 4.99 Å². The number of aliphatic imine (C=N–C) groups is 1. The highest BCUT2D eigenvalue weighted by Gasteiger charge is 2.20. The standard InChI is InChI=1S/C22H36N4O2/c1-4-23-22(24-11-6-12-28-16-18-9-10-18)25-15-19-7-5-8-20(14-19)26-21(27)13-17(2)3/h5,7-8,14,17-18H,4,6,9-13,15-16H2,1-3H3,(H,26,27)(H2,23,24,25). The molecular formula is C22H36N4O2. The van der Waals surface area contributed by atoms with E-state index in [1.54, 1.807) is 0 Å². The van der Waals surface area contributed by atoms with Crippen molar-refractivity contribution >= 4 is 17.6 Å². The van der Waals surface area contributed by atoms with Crippen LogP contribution in [-0.2, 0) is 16.1 Å². The summed E-state index contributed by atoms with van der Waals surface area (Å²) in [4.78, 5) is 16.6. The average molecular weight is 389 g/mol. The molecule has 1 saturated carbocycles. The third-order valence-corrected chi connectivity index (χ3v) is 4.38. The number of hydrogen-bond acceptors (Lipinski definition) is 3. The Hall–Kier alpha value is -2.08. The SMILES string of the molecule is CCNC(=NCc1cccc(NC(=O)CC(C)C)c1)NCCCOCC1CC1. The first-order valence-electron chi connectivity index (χ1n) is 10.6. The number of nitrogens with zero attached hydrogens (tertiary/aromatic N) is 1. The van der Waals surface area contributed by atoms with E-state index in [-0.39, 0.29) is 5.91 Å². The minimum Gasteiger partial charge on any atom is -0.381 e. The van der Waals surface area contributed by atoms with E-state index in [2.05, 4.69) is 27.9 Å². The minimum absolute atomic E-state index is 0.0505. The molecular weight excluding hydrogens is 352 g/mol. The van der Waals surface area contributed by atoms with E-state index in [1.807, 2.05) is 38.1 Å². The van der Waals surface area contributed by atoms with Crippen molar-refractivity contribution in [1.29, 1.82) is 0 Å². The highest BCUT2D eigenvalue weighted by Crippen LogP contribution is 2.28. The number of benzene rings is 1. The number of nitrogens with one attached hydrogen (secondary N) is 3. The molecule has 3 N–H and O–H groups in total. The molecule has 1 aliphatic carbocycles. The number of carbonyl (C=O) groups excluding carboxylic acids is 1. The van der Waals surface area contributed by atoms with Crippen LogP contribution in [0.2, 0.25) is 0 Å². The lowest BCUT2D eigenvalue weighted by atomic mass is 10.1. The second kappa shape index (κ2) is 12.4. The second-order valence-electron chi connectivity index (χ2n) is 7.84. The van der Waals surface area contributed by atoms with Crippen LogP contribution in [0.1, 0.15) is 52.0 Å². The van der Waals surface area contributed by atoms with Gasteiger partial charge in [-0.3, -0.25) is 4.79 Å². The Morgan fingerprint density at radius 3 is 2.82 bits per heavy atom. The molecule has 0 atom stereocenters. The smallest absolute Gasteiger partial charge is 0.224 e. The lowest BCUT2D eigenvalue weighted by Crippen LogP contribution is -2.38. The maximum Gasteiger partial charge on any atom is 0.224 e. The molecule has 1 aromatic carbocycles. The number of guanidine groups is 1. The molecule has 1 amide bonds. The van der Waals surface area contributed by atoms with Crippen LogP contribution in [0.25, 0.3) is 0 Å². The van der Waals surface area contributed by atoms with Gasteiger partial charge < -0.3 is 20.7 Å². The number of rotatable bonds is 12. The summed E-state index contributed by atoms with van der Waals surface area (Å²) in [6.07, 6.45) is 4.16. The zero-order chi connectivity index (χ0) is 20.2. The van der Waals surface area contributed by atoms with Gasteiger partial charge in [0, 0.05) is 38.4 Å².